The molecule has 1 aliphatic rings. The second-order valence-corrected chi connectivity index (χ2v) is 4.76. The van der Waals surface area contributed by atoms with Crippen molar-refractivity contribution in [2.45, 2.75) is 31.6 Å². The zero-order valence-corrected chi connectivity index (χ0v) is 8.80. The maximum absolute atomic E-state index is 11.1. The molecule has 1 heterocycles. The van der Waals surface area contributed by atoms with Crippen LogP contribution in [0.25, 0.3) is 0 Å². The van der Waals surface area contributed by atoms with Gasteiger partial charge in [0.25, 0.3) is 0 Å². The summed E-state index contributed by atoms with van der Waals surface area (Å²) < 4.78 is 0. The topological polar surface area (TPSA) is 56.0 Å². The summed E-state index contributed by atoms with van der Waals surface area (Å²) in [5.41, 5.74) is 5.33. The van der Waals surface area contributed by atoms with Crippen LogP contribution in [0.3, 0.4) is 0 Å². The molecule has 1 aromatic heterocycles. The van der Waals surface area contributed by atoms with E-state index in [4.69, 9.17) is 5.73 Å². The van der Waals surface area contributed by atoms with Crippen LogP contribution in [-0.2, 0) is 4.79 Å². The van der Waals surface area contributed by atoms with Crippen LogP contribution in [0.5, 0.6) is 0 Å². The first-order chi connectivity index (χ1) is 6.77. The summed E-state index contributed by atoms with van der Waals surface area (Å²) in [5.74, 6) is 0.380. The molecule has 0 saturated heterocycles. The minimum Gasteiger partial charge on any atom is -0.369 e. The number of primary amides is 1. The van der Waals surface area contributed by atoms with Gasteiger partial charge in [-0.2, -0.15) is 0 Å². The normalized spacial score (nSPS) is 27.4. The summed E-state index contributed by atoms with van der Waals surface area (Å²) in [6.07, 6.45) is 5.92. The number of carbonyl (C=O) groups excluding carboxylic acids is 1. The molecule has 1 aromatic rings. The van der Waals surface area contributed by atoms with Crippen molar-refractivity contribution in [3.05, 3.63) is 16.6 Å². The first-order valence-corrected chi connectivity index (χ1v) is 5.84. The molecule has 1 fully saturated rings. The number of carbonyl (C=O) groups is 1. The highest BCUT2D eigenvalue weighted by molar-refractivity contribution is 7.09. The molecule has 1 aliphatic carbocycles. The van der Waals surface area contributed by atoms with E-state index < -0.39 is 0 Å². The fourth-order valence-electron chi connectivity index (χ4n) is 2.11. The van der Waals surface area contributed by atoms with Crippen molar-refractivity contribution >= 4 is 17.2 Å². The second kappa shape index (κ2) is 4.09. The largest absolute Gasteiger partial charge is 0.369 e. The molecular weight excluding hydrogens is 196 g/mol. The Morgan fingerprint density at radius 1 is 1.57 bits per heavy atom. The predicted octanol–water partition coefficient (Wildman–Crippen LogP) is 1.90. The monoisotopic (exact) mass is 210 g/mol. The third-order valence-electron chi connectivity index (χ3n) is 2.88. The van der Waals surface area contributed by atoms with Crippen LogP contribution in [0, 0.1) is 5.92 Å². The van der Waals surface area contributed by atoms with Crippen molar-refractivity contribution in [3.8, 4) is 0 Å². The molecule has 0 radical (unpaired) electrons. The number of nitrogens with two attached hydrogens (primary N) is 1. The van der Waals surface area contributed by atoms with E-state index in [-0.39, 0.29) is 11.8 Å². The fraction of sp³-hybridized carbons (Fsp3) is 0.600. The summed E-state index contributed by atoms with van der Waals surface area (Å²) in [7, 11) is 0. The Morgan fingerprint density at radius 2 is 2.43 bits per heavy atom. The van der Waals surface area contributed by atoms with E-state index in [9.17, 15) is 4.79 Å². The van der Waals surface area contributed by atoms with Gasteiger partial charge in [-0.3, -0.25) is 4.79 Å². The minimum absolute atomic E-state index is 0.0673. The van der Waals surface area contributed by atoms with Gasteiger partial charge in [0.2, 0.25) is 5.91 Å². The molecule has 3 nitrogen and oxygen atoms in total. The predicted molar refractivity (Wildman–Crippen MR) is 56.0 cm³/mol. The first-order valence-electron chi connectivity index (χ1n) is 4.96. The zero-order chi connectivity index (χ0) is 9.97. The maximum atomic E-state index is 11.1. The third kappa shape index (κ3) is 1.95. The Kier molecular flexibility index (Phi) is 2.82. The number of aromatic nitrogens is 1. The van der Waals surface area contributed by atoms with Crippen molar-refractivity contribution in [2.24, 2.45) is 11.7 Å². The molecule has 2 atom stereocenters. The Bertz CT molecular complexity index is 310. The average Bonchev–Trinajstić information content (AvgIpc) is 2.71. The highest BCUT2D eigenvalue weighted by Gasteiger charge is 2.27. The number of thiazole rings is 1. The van der Waals surface area contributed by atoms with Gasteiger partial charge in [0.05, 0.1) is 5.01 Å². The van der Waals surface area contributed by atoms with E-state index in [1.54, 1.807) is 11.3 Å². The van der Waals surface area contributed by atoms with Gasteiger partial charge in [0.15, 0.2) is 0 Å². The molecule has 0 bridgehead atoms. The van der Waals surface area contributed by atoms with Crippen LogP contribution in [0.4, 0.5) is 0 Å². The lowest BCUT2D eigenvalue weighted by Crippen LogP contribution is -2.27. The molecule has 0 spiro atoms. The van der Waals surface area contributed by atoms with Gasteiger partial charge < -0.3 is 5.73 Å². The molecule has 2 N–H and O–H groups in total. The Morgan fingerprint density at radius 3 is 3.07 bits per heavy atom. The smallest absolute Gasteiger partial charge is 0.220 e. The third-order valence-corrected chi connectivity index (χ3v) is 3.82. The quantitative estimate of drug-likeness (QED) is 0.810. The van der Waals surface area contributed by atoms with Crippen molar-refractivity contribution in [2.75, 3.05) is 0 Å². The van der Waals surface area contributed by atoms with Crippen LogP contribution in [0.1, 0.15) is 36.6 Å². The standard InChI is InChI=1S/C10H14N2OS/c11-9(13)7-2-1-3-8(6-7)10-12-4-5-14-10/h4-5,7-8H,1-3,6H2,(H2,11,13). The Balaban J connectivity index is 2.04. The number of amides is 1. The van der Waals surface area contributed by atoms with E-state index in [0.29, 0.717) is 5.92 Å². The molecule has 0 aliphatic heterocycles. The van der Waals surface area contributed by atoms with Gasteiger partial charge in [0, 0.05) is 23.4 Å². The highest BCUT2D eigenvalue weighted by Crippen LogP contribution is 2.36. The summed E-state index contributed by atoms with van der Waals surface area (Å²) in [4.78, 5) is 15.4. The van der Waals surface area contributed by atoms with Crippen LogP contribution in [0.2, 0.25) is 0 Å². The molecule has 1 saturated carbocycles. The lowest BCUT2D eigenvalue weighted by atomic mass is 9.81. The van der Waals surface area contributed by atoms with Crippen molar-refractivity contribution in [3.63, 3.8) is 0 Å². The van der Waals surface area contributed by atoms with E-state index in [0.717, 1.165) is 30.7 Å². The number of hydrogen-bond donors (Lipinski definition) is 1. The van der Waals surface area contributed by atoms with Gasteiger partial charge in [-0.05, 0) is 19.3 Å². The molecule has 2 unspecified atom stereocenters. The van der Waals surface area contributed by atoms with Crippen LogP contribution >= 0.6 is 11.3 Å². The maximum Gasteiger partial charge on any atom is 0.220 e. The molecule has 1 amide bonds. The molecule has 76 valence electrons. The molecule has 0 aromatic carbocycles. The number of nitrogens with zero attached hydrogens (tertiary/aromatic N) is 1. The molecule has 4 heteroatoms. The molecule has 14 heavy (non-hydrogen) atoms. The van der Waals surface area contributed by atoms with Crippen LogP contribution < -0.4 is 5.73 Å². The Hall–Kier alpha value is -0.900. The first kappa shape index (κ1) is 9.65. The average molecular weight is 210 g/mol. The van der Waals surface area contributed by atoms with Crippen molar-refractivity contribution in [1.82, 2.24) is 4.98 Å². The molecular formula is C10H14N2OS. The van der Waals surface area contributed by atoms with E-state index in [2.05, 4.69) is 4.98 Å². The summed E-state index contributed by atoms with van der Waals surface area (Å²) in [6, 6.07) is 0. The minimum atomic E-state index is -0.147. The van der Waals surface area contributed by atoms with Crippen molar-refractivity contribution < 1.29 is 4.79 Å². The Labute approximate surface area is 87.3 Å². The molecule has 2 rings (SSSR count). The van der Waals surface area contributed by atoms with E-state index >= 15 is 0 Å². The second-order valence-electron chi connectivity index (χ2n) is 3.83. The SMILES string of the molecule is NC(=O)C1CCCC(c2nccs2)C1. The highest BCUT2D eigenvalue weighted by atomic mass is 32.1. The van der Waals surface area contributed by atoms with E-state index in [1.165, 1.54) is 0 Å². The van der Waals surface area contributed by atoms with Gasteiger partial charge >= 0.3 is 0 Å². The van der Waals surface area contributed by atoms with E-state index in [1.807, 2.05) is 11.6 Å². The summed E-state index contributed by atoms with van der Waals surface area (Å²) in [5, 5.41) is 3.15. The summed E-state index contributed by atoms with van der Waals surface area (Å²) >= 11 is 1.68. The zero-order valence-electron chi connectivity index (χ0n) is 7.98. The van der Waals surface area contributed by atoms with Crippen LogP contribution in [-0.4, -0.2) is 10.9 Å². The van der Waals surface area contributed by atoms with Crippen LogP contribution in [0.15, 0.2) is 11.6 Å². The lowest BCUT2D eigenvalue weighted by Gasteiger charge is -2.25. The van der Waals surface area contributed by atoms with Gasteiger partial charge in [-0.1, -0.05) is 6.42 Å². The van der Waals surface area contributed by atoms with Gasteiger partial charge in [-0.15, -0.1) is 11.3 Å². The fourth-order valence-corrected chi connectivity index (χ4v) is 2.90. The number of rotatable bonds is 2. The van der Waals surface area contributed by atoms with Crippen molar-refractivity contribution in [1.29, 1.82) is 0 Å². The summed E-state index contributed by atoms with van der Waals surface area (Å²) in [6.45, 7) is 0. The lowest BCUT2D eigenvalue weighted by molar-refractivity contribution is -0.122. The number of hydrogen-bond acceptors (Lipinski definition) is 3. The van der Waals surface area contributed by atoms with Gasteiger partial charge in [0.1, 0.15) is 0 Å². The van der Waals surface area contributed by atoms with Gasteiger partial charge in [-0.25, -0.2) is 4.98 Å².